The minimum Gasteiger partial charge on any atom is -0.352 e. The Morgan fingerprint density at radius 3 is 2.08 bits per heavy atom. The van der Waals surface area contributed by atoms with Gasteiger partial charge in [0.15, 0.2) is 0 Å². The molecule has 2 amide bonds. The lowest BCUT2D eigenvalue weighted by Gasteiger charge is -2.33. The standard InChI is InChI=1S/C29H34ClN3O4S/c1-5-27(29(35)31-21(2)3)32(19-23-13-11-22(4)12-14-23)28(34)20-33(25-17-15-24(30)16-18-25)38(36,37)26-9-7-6-8-10-26/h6-18,21,27H,5,19-20H2,1-4H3,(H,31,35). The number of carbonyl (C=O) groups excluding carboxylic acids is 2. The fraction of sp³-hybridized carbons (Fsp3) is 0.310. The van der Waals surface area contributed by atoms with Crippen molar-refractivity contribution in [2.45, 2.75) is 57.6 Å². The van der Waals surface area contributed by atoms with Crippen LogP contribution in [0.25, 0.3) is 0 Å². The molecule has 1 atom stereocenters. The Morgan fingerprint density at radius 1 is 0.921 bits per heavy atom. The van der Waals surface area contributed by atoms with E-state index >= 15 is 0 Å². The van der Waals surface area contributed by atoms with E-state index in [9.17, 15) is 18.0 Å². The molecule has 1 N–H and O–H groups in total. The van der Waals surface area contributed by atoms with Crippen molar-refractivity contribution in [3.63, 3.8) is 0 Å². The Kier molecular flexibility index (Phi) is 9.94. The van der Waals surface area contributed by atoms with Crippen molar-refractivity contribution in [2.24, 2.45) is 0 Å². The van der Waals surface area contributed by atoms with Crippen LogP contribution in [0.2, 0.25) is 5.02 Å². The van der Waals surface area contributed by atoms with Gasteiger partial charge in [0.05, 0.1) is 10.6 Å². The third kappa shape index (κ3) is 7.36. The van der Waals surface area contributed by atoms with Crippen molar-refractivity contribution < 1.29 is 18.0 Å². The number of hydrogen-bond acceptors (Lipinski definition) is 4. The molecule has 9 heteroatoms. The van der Waals surface area contributed by atoms with E-state index in [4.69, 9.17) is 11.6 Å². The van der Waals surface area contributed by atoms with Gasteiger partial charge in [-0.3, -0.25) is 13.9 Å². The number of aryl methyl sites for hydroxylation is 1. The van der Waals surface area contributed by atoms with Crippen molar-refractivity contribution in [3.05, 3.63) is 95.0 Å². The number of halogens is 1. The van der Waals surface area contributed by atoms with E-state index in [-0.39, 0.29) is 23.4 Å². The molecule has 0 saturated carbocycles. The second-order valence-corrected chi connectivity index (χ2v) is 11.7. The third-order valence-electron chi connectivity index (χ3n) is 6.02. The highest BCUT2D eigenvalue weighted by molar-refractivity contribution is 7.92. The van der Waals surface area contributed by atoms with E-state index in [0.29, 0.717) is 17.1 Å². The summed E-state index contributed by atoms with van der Waals surface area (Å²) in [5, 5.41) is 3.33. The summed E-state index contributed by atoms with van der Waals surface area (Å²) in [7, 11) is -4.10. The van der Waals surface area contributed by atoms with E-state index in [1.807, 2.05) is 52.0 Å². The van der Waals surface area contributed by atoms with Crippen LogP contribution in [0.3, 0.4) is 0 Å². The lowest BCUT2D eigenvalue weighted by atomic mass is 10.1. The van der Waals surface area contributed by atoms with Gasteiger partial charge in [-0.2, -0.15) is 0 Å². The van der Waals surface area contributed by atoms with Crippen LogP contribution in [0.1, 0.15) is 38.3 Å². The third-order valence-corrected chi connectivity index (χ3v) is 8.06. The fourth-order valence-electron chi connectivity index (χ4n) is 4.05. The highest BCUT2D eigenvalue weighted by Gasteiger charge is 2.33. The Hall–Kier alpha value is -3.36. The topological polar surface area (TPSA) is 86.8 Å². The molecule has 3 aromatic carbocycles. The molecule has 0 fully saturated rings. The number of rotatable bonds is 11. The summed E-state index contributed by atoms with van der Waals surface area (Å²) in [4.78, 5) is 28.6. The first-order valence-corrected chi connectivity index (χ1v) is 14.3. The van der Waals surface area contributed by atoms with Crippen LogP contribution < -0.4 is 9.62 Å². The number of carbonyl (C=O) groups is 2. The highest BCUT2D eigenvalue weighted by Crippen LogP contribution is 2.26. The van der Waals surface area contributed by atoms with Crippen LogP contribution in [-0.2, 0) is 26.2 Å². The van der Waals surface area contributed by atoms with Crippen LogP contribution in [-0.4, -0.2) is 43.8 Å². The molecule has 0 aliphatic heterocycles. The molecule has 202 valence electrons. The maximum absolute atomic E-state index is 13.9. The zero-order valence-corrected chi connectivity index (χ0v) is 23.7. The summed E-state index contributed by atoms with van der Waals surface area (Å²) in [5.74, 6) is -0.780. The Labute approximate surface area is 230 Å². The predicted molar refractivity (Wildman–Crippen MR) is 152 cm³/mol. The van der Waals surface area contributed by atoms with Gasteiger partial charge >= 0.3 is 0 Å². The second-order valence-electron chi connectivity index (χ2n) is 9.40. The average Bonchev–Trinajstić information content (AvgIpc) is 2.89. The zero-order valence-electron chi connectivity index (χ0n) is 22.1. The summed E-state index contributed by atoms with van der Waals surface area (Å²) >= 11 is 6.05. The monoisotopic (exact) mass is 555 g/mol. The van der Waals surface area contributed by atoms with Gasteiger partial charge < -0.3 is 10.2 Å². The zero-order chi connectivity index (χ0) is 27.9. The van der Waals surface area contributed by atoms with E-state index < -0.39 is 28.5 Å². The summed E-state index contributed by atoms with van der Waals surface area (Å²) in [6.45, 7) is 7.17. The lowest BCUT2D eigenvalue weighted by Crippen LogP contribution is -2.53. The SMILES string of the molecule is CCC(C(=O)NC(C)C)N(Cc1ccc(C)cc1)C(=O)CN(c1ccc(Cl)cc1)S(=O)(=O)c1ccccc1. The summed E-state index contributed by atoms with van der Waals surface area (Å²) in [6.07, 6.45) is 0.364. The number of amides is 2. The fourth-order valence-corrected chi connectivity index (χ4v) is 5.61. The molecule has 0 aliphatic carbocycles. The van der Waals surface area contributed by atoms with Crippen LogP contribution >= 0.6 is 11.6 Å². The molecular formula is C29H34ClN3O4S. The minimum absolute atomic E-state index is 0.0532. The number of sulfonamides is 1. The Balaban J connectivity index is 2.04. The van der Waals surface area contributed by atoms with Crippen molar-refractivity contribution in [2.75, 3.05) is 10.8 Å². The van der Waals surface area contributed by atoms with E-state index in [1.165, 1.54) is 17.0 Å². The summed E-state index contributed by atoms with van der Waals surface area (Å²) in [5.41, 5.74) is 2.20. The number of anilines is 1. The van der Waals surface area contributed by atoms with Gasteiger partial charge in [0.1, 0.15) is 12.6 Å². The molecule has 0 bridgehead atoms. The maximum atomic E-state index is 13.9. The molecule has 0 aliphatic rings. The Morgan fingerprint density at radius 2 is 1.53 bits per heavy atom. The minimum atomic E-state index is -4.10. The number of benzene rings is 3. The van der Waals surface area contributed by atoms with Crippen molar-refractivity contribution in [3.8, 4) is 0 Å². The quantitative estimate of drug-likeness (QED) is 0.353. The van der Waals surface area contributed by atoms with Crippen LogP contribution in [0.15, 0.2) is 83.8 Å². The van der Waals surface area contributed by atoms with Gasteiger partial charge in [-0.25, -0.2) is 8.42 Å². The van der Waals surface area contributed by atoms with Crippen LogP contribution in [0.4, 0.5) is 5.69 Å². The van der Waals surface area contributed by atoms with Crippen LogP contribution in [0, 0.1) is 6.92 Å². The Bertz CT molecular complexity index is 1330. The average molecular weight is 556 g/mol. The molecule has 38 heavy (non-hydrogen) atoms. The smallest absolute Gasteiger partial charge is 0.264 e. The van der Waals surface area contributed by atoms with E-state index in [0.717, 1.165) is 15.4 Å². The van der Waals surface area contributed by atoms with Crippen molar-refractivity contribution in [1.82, 2.24) is 10.2 Å². The largest absolute Gasteiger partial charge is 0.352 e. The summed E-state index contributed by atoms with van der Waals surface area (Å²) < 4.78 is 28.5. The summed E-state index contributed by atoms with van der Waals surface area (Å²) in [6, 6.07) is 21.0. The number of hydrogen-bond donors (Lipinski definition) is 1. The first kappa shape index (κ1) is 29.2. The van der Waals surface area contributed by atoms with Gasteiger partial charge in [-0.1, -0.05) is 66.6 Å². The molecule has 0 heterocycles. The normalized spacial score (nSPS) is 12.2. The first-order valence-electron chi connectivity index (χ1n) is 12.5. The molecule has 0 radical (unpaired) electrons. The first-order chi connectivity index (χ1) is 18.0. The van der Waals surface area contributed by atoms with Gasteiger partial charge in [0.2, 0.25) is 11.8 Å². The molecule has 3 rings (SSSR count). The van der Waals surface area contributed by atoms with E-state index in [1.54, 1.807) is 42.5 Å². The van der Waals surface area contributed by atoms with Gasteiger partial charge in [-0.15, -0.1) is 0 Å². The molecule has 1 unspecified atom stereocenters. The maximum Gasteiger partial charge on any atom is 0.264 e. The second kappa shape index (κ2) is 12.9. The van der Waals surface area contributed by atoms with Gasteiger partial charge in [0.25, 0.3) is 10.0 Å². The predicted octanol–water partition coefficient (Wildman–Crippen LogP) is 5.18. The molecule has 0 spiro atoms. The van der Waals surface area contributed by atoms with Gasteiger partial charge in [0, 0.05) is 17.6 Å². The van der Waals surface area contributed by atoms with E-state index in [2.05, 4.69) is 5.32 Å². The van der Waals surface area contributed by atoms with Gasteiger partial charge in [-0.05, 0) is 69.2 Å². The lowest BCUT2D eigenvalue weighted by molar-refractivity contribution is -0.140. The molecule has 3 aromatic rings. The highest BCUT2D eigenvalue weighted by atomic mass is 35.5. The van der Waals surface area contributed by atoms with Crippen molar-refractivity contribution >= 4 is 39.1 Å². The molecule has 0 aromatic heterocycles. The van der Waals surface area contributed by atoms with Crippen molar-refractivity contribution in [1.29, 1.82) is 0 Å². The number of nitrogens with zero attached hydrogens (tertiary/aromatic N) is 2. The molecule has 7 nitrogen and oxygen atoms in total. The molecular weight excluding hydrogens is 522 g/mol. The molecule has 0 saturated heterocycles. The number of nitrogens with one attached hydrogen (secondary N) is 1. The van der Waals surface area contributed by atoms with Crippen LogP contribution in [0.5, 0.6) is 0 Å².